The molecule has 142 valence electrons. The molecule has 2 rings (SSSR count). The molecule has 0 unspecified atom stereocenters. The van der Waals surface area contributed by atoms with Gasteiger partial charge in [-0.1, -0.05) is 73.2 Å². The summed E-state index contributed by atoms with van der Waals surface area (Å²) in [6.45, 7) is 7.75. The van der Waals surface area contributed by atoms with E-state index in [9.17, 15) is 4.79 Å². The Labute approximate surface area is 172 Å². The van der Waals surface area contributed by atoms with Gasteiger partial charge in [0.25, 0.3) is 0 Å². The van der Waals surface area contributed by atoms with Crippen LogP contribution in [-0.4, -0.2) is 19.7 Å². The van der Waals surface area contributed by atoms with Crippen molar-refractivity contribution in [1.29, 1.82) is 0 Å². The second-order valence-corrected chi connectivity index (χ2v) is 9.86. The van der Waals surface area contributed by atoms with E-state index in [-0.39, 0.29) is 12.3 Å². The van der Waals surface area contributed by atoms with Gasteiger partial charge in [0, 0.05) is 22.4 Å². The van der Waals surface area contributed by atoms with Crippen molar-refractivity contribution in [3.05, 3.63) is 40.0 Å². The van der Waals surface area contributed by atoms with E-state index in [1.54, 1.807) is 12.1 Å². The maximum absolute atomic E-state index is 11.5. The van der Waals surface area contributed by atoms with Gasteiger partial charge in [0.2, 0.25) is 5.88 Å². The lowest BCUT2D eigenvalue weighted by Crippen LogP contribution is -2.21. The number of ether oxygens (including phenoxy) is 1. The van der Waals surface area contributed by atoms with E-state index >= 15 is 0 Å². The maximum Gasteiger partial charge on any atom is 0.411 e. The minimum atomic E-state index is -1.60. The Hall–Kier alpha value is -1.14. The van der Waals surface area contributed by atoms with Crippen LogP contribution in [0.2, 0.25) is 5.02 Å². The molecule has 0 atom stereocenters. The SMILES string of the molecule is Cc1ccc(-n2nc(C(C)(C)C)c(CC(Cl)(Cl)Cl)c2OC(N)=O)cc1Cl. The molecule has 1 amide bonds. The third-order valence-corrected chi connectivity index (χ3v) is 4.43. The molecule has 0 aliphatic rings. The van der Waals surface area contributed by atoms with Crippen molar-refractivity contribution >= 4 is 52.5 Å². The van der Waals surface area contributed by atoms with Crippen LogP contribution in [0.4, 0.5) is 4.79 Å². The van der Waals surface area contributed by atoms with Crippen molar-refractivity contribution in [2.45, 2.75) is 43.3 Å². The number of carbonyl (C=O) groups excluding carboxylic acids is 1. The second-order valence-electron chi connectivity index (χ2n) is 6.94. The summed E-state index contributed by atoms with van der Waals surface area (Å²) in [6.07, 6.45) is -0.998. The van der Waals surface area contributed by atoms with Gasteiger partial charge >= 0.3 is 6.09 Å². The average Bonchev–Trinajstić information content (AvgIpc) is 2.78. The Balaban J connectivity index is 2.77. The molecule has 1 heterocycles. The molecule has 1 aromatic heterocycles. The highest BCUT2D eigenvalue weighted by Gasteiger charge is 2.34. The number of aromatic nitrogens is 2. The minimum Gasteiger partial charge on any atom is -0.391 e. The van der Waals surface area contributed by atoms with E-state index in [0.717, 1.165) is 5.56 Å². The van der Waals surface area contributed by atoms with Crippen molar-refractivity contribution in [1.82, 2.24) is 9.78 Å². The van der Waals surface area contributed by atoms with Gasteiger partial charge in [-0.15, -0.1) is 0 Å². The normalized spacial score (nSPS) is 12.3. The lowest BCUT2D eigenvalue weighted by atomic mass is 9.89. The zero-order valence-corrected chi connectivity index (χ0v) is 17.8. The Morgan fingerprint density at radius 3 is 2.35 bits per heavy atom. The van der Waals surface area contributed by atoms with Crippen LogP contribution >= 0.6 is 46.4 Å². The standard InChI is InChI=1S/C17H19Cl4N3O2/c1-9-5-6-10(7-12(9)18)24-14(26-15(22)25)11(8-17(19,20)21)13(23-24)16(2,3)4/h5-7H,8H2,1-4H3,(H2,22,25). The number of nitrogens with two attached hydrogens (primary N) is 1. The number of primary amides is 1. The molecular formula is C17H19Cl4N3O2. The maximum atomic E-state index is 11.5. The van der Waals surface area contributed by atoms with E-state index in [4.69, 9.17) is 56.9 Å². The molecule has 0 bridgehead atoms. The Bertz CT molecular complexity index is 836. The van der Waals surface area contributed by atoms with E-state index in [0.29, 0.717) is 22.0 Å². The van der Waals surface area contributed by atoms with Crippen molar-refractivity contribution in [2.24, 2.45) is 5.73 Å². The van der Waals surface area contributed by atoms with Crippen LogP contribution in [0, 0.1) is 6.92 Å². The summed E-state index contributed by atoms with van der Waals surface area (Å²) < 4.78 is 5.09. The van der Waals surface area contributed by atoms with Gasteiger partial charge in [-0.3, -0.25) is 0 Å². The first-order chi connectivity index (χ1) is 11.8. The van der Waals surface area contributed by atoms with Gasteiger partial charge in [-0.2, -0.15) is 9.78 Å². The predicted molar refractivity (Wildman–Crippen MR) is 106 cm³/mol. The quantitative estimate of drug-likeness (QED) is 0.642. The topological polar surface area (TPSA) is 70.1 Å². The Morgan fingerprint density at radius 2 is 1.88 bits per heavy atom. The number of benzene rings is 1. The summed E-state index contributed by atoms with van der Waals surface area (Å²) >= 11 is 24.2. The van der Waals surface area contributed by atoms with Gasteiger partial charge < -0.3 is 10.5 Å². The number of rotatable bonds is 3. The van der Waals surface area contributed by atoms with Gasteiger partial charge in [0.05, 0.1) is 11.4 Å². The fourth-order valence-electron chi connectivity index (χ4n) is 2.49. The third-order valence-electron chi connectivity index (χ3n) is 3.62. The first kappa shape index (κ1) is 21.2. The van der Waals surface area contributed by atoms with Crippen molar-refractivity contribution in [3.8, 4) is 11.6 Å². The van der Waals surface area contributed by atoms with E-state index in [2.05, 4.69) is 5.10 Å². The summed E-state index contributed by atoms with van der Waals surface area (Å²) in [5.74, 6) is 0.105. The molecule has 0 fully saturated rings. The highest BCUT2D eigenvalue weighted by Crippen LogP contribution is 2.40. The number of aryl methyl sites for hydroxylation is 1. The number of nitrogens with zero attached hydrogens (tertiary/aromatic N) is 2. The molecule has 0 aliphatic carbocycles. The first-order valence-electron chi connectivity index (χ1n) is 7.72. The molecule has 9 heteroatoms. The number of carbonyl (C=O) groups is 1. The summed E-state index contributed by atoms with van der Waals surface area (Å²) in [5.41, 5.74) is 7.46. The van der Waals surface area contributed by atoms with Crippen molar-refractivity contribution in [3.63, 3.8) is 0 Å². The summed E-state index contributed by atoms with van der Waals surface area (Å²) in [7, 11) is 0. The largest absolute Gasteiger partial charge is 0.411 e. The van der Waals surface area contributed by atoms with E-state index in [1.807, 2.05) is 33.8 Å². The lowest BCUT2D eigenvalue weighted by Gasteiger charge is -2.19. The monoisotopic (exact) mass is 437 g/mol. The number of amides is 1. The third kappa shape index (κ3) is 4.97. The summed E-state index contributed by atoms with van der Waals surface area (Å²) in [5, 5.41) is 5.15. The van der Waals surface area contributed by atoms with Crippen LogP contribution in [0.5, 0.6) is 5.88 Å². The number of hydrogen-bond acceptors (Lipinski definition) is 3. The number of hydrogen-bond donors (Lipinski definition) is 1. The smallest absolute Gasteiger partial charge is 0.391 e. The predicted octanol–water partition coefficient (Wildman–Crippen LogP) is 5.50. The van der Waals surface area contributed by atoms with Crippen molar-refractivity contribution < 1.29 is 9.53 Å². The molecule has 0 radical (unpaired) electrons. The molecule has 26 heavy (non-hydrogen) atoms. The highest BCUT2D eigenvalue weighted by atomic mass is 35.6. The Morgan fingerprint density at radius 1 is 1.27 bits per heavy atom. The number of halogens is 4. The van der Waals surface area contributed by atoms with Crippen LogP contribution in [-0.2, 0) is 11.8 Å². The minimum absolute atomic E-state index is 0.00746. The number of alkyl halides is 3. The van der Waals surface area contributed by atoms with Crippen LogP contribution in [0.25, 0.3) is 5.69 Å². The van der Waals surface area contributed by atoms with Crippen molar-refractivity contribution in [2.75, 3.05) is 0 Å². The second kappa shape index (κ2) is 7.47. The molecule has 0 spiro atoms. The van der Waals surface area contributed by atoms with E-state index < -0.39 is 15.3 Å². The Kier molecular flexibility index (Phi) is 6.08. The van der Waals surface area contributed by atoms with Crippen LogP contribution in [0.3, 0.4) is 0 Å². The van der Waals surface area contributed by atoms with Gasteiger partial charge in [0.1, 0.15) is 0 Å². The van der Waals surface area contributed by atoms with Gasteiger partial charge in [0.15, 0.2) is 3.79 Å². The molecule has 0 saturated heterocycles. The summed E-state index contributed by atoms with van der Waals surface area (Å²) in [6, 6.07) is 5.34. The molecule has 0 saturated carbocycles. The highest BCUT2D eigenvalue weighted by molar-refractivity contribution is 6.67. The zero-order chi connectivity index (χ0) is 19.9. The fourth-order valence-corrected chi connectivity index (χ4v) is 3.06. The average molecular weight is 439 g/mol. The van der Waals surface area contributed by atoms with E-state index in [1.165, 1.54) is 4.68 Å². The summed E-state index contributed by atoms with van der Waals surface area (Å²) in [4.78, 5) is 11.5. The molecule has 2 aromatic rings. The van der Waals surface area contributed by atoms with Crippen LogP contribution in [0.15, 0.2) is 18.2 Å². The van der Waals surface area contributed by atoms with Gasteiger partial charge in [-0.05, 0) is 24.6 Å². The first-order valence-corrected chi connectivity index (χ1v) is 9.23. The van der Waals surface area contributed by atoms with Crippen LogP contribution < -0.4 is 10.5 Å². The van der Waals surface area contributed by atoms with Gasteiger partial charge in [-0.25, -0.2) is 4.79 Å². The fraction of sp³-hybridized carbons (Fsp3) is 0.412. The molecule has 1 aromatic carbocycles. The molecule has 5 nitrogen and oxygen atoms in total. The molecule has 2 N–H and O–H groups in total. The lowest BCUT2D eigenvalue weighted by molar-refractivity contribution is 0.207. The molecule has 0 aliphatic heterocycles. The molecular weight excluding hydrogens is 420 g/mol. The van der Waals surface area contributed by atoms with Crippen LogP contribution in [0.1, 0.15) is 37.6 Å². The zero-order valence-electron chi connectivity index (χ0n) is 14.7.